The molecule has 8 nitrogen and oxygen atoms in total. The summed E-state index contributed by atoms with van der Waals surface area (Å²) in [5.41, 5.74) is 0.467. The predicted molar refractivity (Wildman–Crippen MR) is 113 cm³/mol. The lowest BCUT2D eigenvalue weighted by Crippen LogP contribution is -2.40. The molecule has 2 aromatic carbocycles. The molecule has 0 spiro atoms. The van der Waals surface area contributed by atoms with Crippen molar-refractivity contribution in [3.8, 4) is 6.07 Å². The number of nitrogens with zero attached hydrogens (tertiary/aromatic N) is 1. The third-order valence-electron chi connectivity index (χ3n) is 3.86. The molecule has 2 rings (SSSR count). The zero-order valence-corrected chi connectivity index (χ0v) is 17.8. The second kappa shape index (κ2) is 9.52. The van der Waals surface area contributed by atoms with Gasteiger partial charge in [-0.05, 0) is 57.2 Å². The van der Waals surface area contributed by atoms with Crippen molar-refractivity contribution in [3.63, 3.8) is 0 Å². The van der Waals surface area contributed by atoms with Crippen LogP contribution in [0, 0.1) is 11.3 Å². The largest absolute Gasteiger partial charge is 0.347 e. The summed E-state index contributed by atoms with van der Waals surface area (Å²) in [6.45, 7) is 5.58. The molecule has 0 aromatic heterocycles. The molecule has 3 N–H and O–H groups in total. The number of benzene rings is 2. The second-order valence-electron chi connectivity index (χ2n) is 7.53. The first kappa shape index (κ1) is 23.1. The van der Waals surface area contributed by atoms with E-state index in [4.69, 9.17) is 5.26 Å². The summed E-state index contributed by atoms with van der Waals surface area (Å²) in [4.78, 5) is 25.1. The summed E-state index contributed by atoms with van der Waals surface area (Å²) in [5, 5.41) is 14.0. The maximum Gasteiger partial charge on any atom is 0.255 e. The van der Waals surface area contributed by atoms with Gasteiger partial charge in [-0.2, -0.15) is 5.26 Å². The quantitative estimate of drug-likeness (QED) is 0.584. The minimum Gasteiger partial charge on any atom is -0.347 e. The van der Waals surface area contributed by atoms with E-state index in [0.29, 0.717) is 11.3 Å². The molecule has 0 aliphatic heterocycles. The van der Waals surface area contributed by atoms with Gasteiger partial charge in [0.2, 0.25) is 10.0 Å². The minimum absolute atomic E-state index is 0.00842. The maximum absolute atomic E-state index is 12.6. The van der Waals surface area contributed by atoms with Gasteiger partial charge in [0.25, 0.3) is 11.8 Å². The maximum atomic E-state index is 12.6. The van der Waals surface area contributed by atoms with Crippen molar-refractivity contribution < 1.29 is 18.0 Å². The van der Waals surface area contributed by atoms with Crippen molar-refractivity contribution in [1.29, 1.82) is 5.26 Å². The number of hydrogen-bond donors (Lipinski definition) is 3. The van der Waals surface area contributed by atoms with Crippen molar-refractivity contribution in [3.05, 3.63) is 59.7 Å². The molecule has 0 atom stereocenters. The number of sulfonamides is 1. The van der Waals surface area contributed by atoms with Crippen LogP contribution in [0.2, 0.25) is 0 Å². The zero-order valence-electron chi connectivity index (χ0n) is 17.0. The first-order chi connectivity index (χ1) is 14.0. The number of amides is 2. The fraction of sp³-hybridized carbons (Fsp3) is 0.286. The highest BCUT2D eigenvalue weighted by Crippen LogP contribution is 2.18. The summed E-state index contributed by atoms with van der Waals surface area (Å²) < 4.78 is 26.6. The predicted octanol–water partition coefficient (Wildman–Crippen LogP) is 2.66. The van der Waals surface area contributed by atoms with Gasteiger partial charge >= 0.3 is 0 Å². The van der Waals surface area contributed by atoms with Crippen molar-refractivity contribution >= 4 is 27.5 Å². The number of carbonyl (C=O) groups excluding carboxylic acids is 2. The molecule has 30 heavy (non-hydrogen) atoms. The van der Waals surface area contributed by atoms with E-state index in [9.17, 15) is 18.0 Å². The van der Waals surface area contributed by atoms with E-state index in [1.165, 1.54) is 24.3 Å². The average Bonchev–Trinajstić information content (AvgIpc) is 2.67. The number of carbonyl (C=O) groups is 2. The molecule has 158 valence electrons. The van der Waals surface area contributed by atoms with Crippen LogP contribution in [0.5, 0.6) is 0 Å². The highest BCUT2D eigenvalue weighted by Gasteiger charge is 2.19. The van der Waals surface area contributed by atoms with Gasteiger partial charge < -0.3 is 10.6 Å². The van der Waals surface area contributed by atoms with Crippen LogP contribution in [0.3, 0.4) is 0 Å². The number of rotatable bonds is 7. The summed E-state index contributed by atoms with van der Waals surface area (Å²) in [7, 11) is -3.75. The highest BCUT2D eigenvalue weighted by atomic mass is 32.2. The summed E-state index contributed by atoms with van der Waals surface area (Å²) in [5.74, 6) is -0.796. The van der Waals surface area contributed by atoms with E-state index in [1.54, 1.807) is 24.3 Å². The Morgan fingerprint density at radius 1 is 1.00 bits per heavy atom. The first-order valence-corrected chi connectivity index (χ1v) is 10.7. The summed E-state index contributed by atoms with van der Waals surface area (Å²) in [6, 6.07) is 13.9. The Balaban J connectivity index is 2.16. The van der Waals surface area contributed by atoms with E-state index < -0.39 is 21.5 Å². The van der Waals surface area contributed by atoms with Crippen LogP contribution in [0.4, 0.5) is 5.69 Å². The Bertz CT molecular complexity index is 1070. The van der Waals surface area contributed by atoms with Crippen LogP contribution in [-0.2, 0) is 10.0 Å². The molecule has 0 aliphatic rings. The zero-order chi connectivity index (χ0) is 22.4. The molecule has 2 aromatic rings. The van der Waals surface area contributed by atoms with E-state index >= 15 is 0 Å². The van der Waals surface area contributed by atoms with Crippen molar-refractivity contribution in [2.24, 2.45) is 0 Å². The Hall–Kier alpha value is -3.22. The van der Waals surface area contributed by atoms with Crippen molar-refractivity contribution in [2.75, 3.05) is 11.9 Å². The molecular weight excluding hydrogens is 404 g/mol. The standard InChI is InChI=1S/C21H24N4O4S/c1-21(2,3)25-20(27)17-7-4-5-8-18(17)24-19(26)15-9-11-16(12-10-15)30(28,29)23-14-6-13-22/h4-5,7-12,23H,6,14H2,1-3H3,(H,24,26)(H,25,27). The van der Waals surface area contributed by atoms with Crippen LogP contribution >= 0.6 is 0 Å². The van der Waals surface area contributed by atoms with Crippen LogP contribution < -0.4 is 15.4 Å². The molecule has 0 saturated carbocycles. The third-order valence-corrected chi connectivity index (χ3v) is 5.34. The van der Waals surface area contributed by atoms with Gasteiger partial charge in [-0.15, -0.1) is 0 Å². The van der Waals surface area contributed by atoms with E-state index in [1.807, 2.05) is 26.8 Å². The number of nitrogens with one attached hydrogen (secondary N) is 3. The van der Waals surface area contributed by atoms with Gasteiger partial charge in [0, 0.05) is 24.1 Å². The van der Waals surface area contributed by atoms with Gasteiger partial charge in [-0.25, -0.2) is 13.1 Å². The number of anilines is 1. The lowest BCUT2D eigenvalue weighted by molar-refractivity contribution is 0.0920. The number of hydrogen-bond acceptors (Lipinski definition) is 5. The van der Waals surface area contributed by atoms with Crippen LogP contribution in [0.25, 0.3) is 0 Å². The van der Waals surface area contributed by atoms with Crippen LogP contribution in [0.15, 0.2) is 53.4 Å². The monoisotopic (exact) mass is 428 g/mol. The van der Waals surface area contributed by atoms with Gasteiger partial charge in [0.15, 0.2) is 0 Å². The molecule has 0 fully saturated rings. The van der Waals surface area contributed by atoms with Gasteiger partial charge in [-0.1, -0.05) is 12.1 Å². The molecule has 0 unspecified atom stereocenters. The molecule has 0 bridgehead atoms. The normalized spacial score (nSPS) is 11.4. The Kier molecular flexibility index (Phi) is 7.32. The first-order valence-electron chi connectivity index (χ1n) is 9.23. The van der Waals surface area contributed by atoms with Crippen molar-refractivity contribution in [1.82, 2.24) is 10.0 Å². The Labute approximate surface area is 176 Å². The highest BCUT2D eigenvalue weighted by molar-refractivity contribution is 7.89. The number of nitriles is 1. The molecule has 0 aliphatic carbocycles. The molecule has 9 heteroatoms. The summed E-state index contributed by atoms with van der Waals surface area (Å²) in [6.07, 6.45) is 0.0575. The van der Waals surface area contributed by atoms with Crippen LogP contribution in [0.1, 0.15) is 47.9 Å². The summed E-state index contributed by atoms with van der Waals surface area (Å²) >= 11 is 0. The third kappa shape index (κ3) is 6.40. The molecule has 0 radical (unpaired) electrons. The van der Waals surface area contributed by atoms with E-state index in [2.05, 4.69) is 15.4 Å². The van der Waals surface area contributed by atoms with Gasteiger partial charge in [-0.3, -0.25) is 9.59 Å². The molecular formula is C21H24N4O4S. The SMILES string of the molecule is CC(C)(C)NC(=O)c1ccccc1NC(=O)c1ccc(S(=O)(=O)NCCC#N)cc1. The fourth-order valence-electron chi connectivity index (χ4n) is 2.50. The smallest absolute Gasteiger partial charge is 0.255 e. The topological polar surface area (TPSA) is 128 Å². The van der Waals surface area contributed by atoms with Crippen molar-refractivity contribution in [2.45, 2.75) is 37.6 Å². The van der Waals surface area contributed by atoms with Crippen LogP contribution in [-0.4, -0.2) is 32.3 Å². The van der Waals surface area contributed by atoms with E-state index in [0.717, 1.165) is 0 Å². The van der Waals surface area contributed by atoms with Gasteiger partial charge in [0.05, 0.1) is 22.2 Å². The average molecular weight is 429 g/mol. The Morgan fingerprint density at radius 3 is 2.23 bits per heavy atom. The minimum atomic E-state index is -3.75. The lowest BCUT2D eigenvalue weighted by atomic mass is 10.1. The lowest BCUT2D eigenvalue weighted by Gasteiger charge is -2.21. The Morgan fingerprint density at radius 2 is 1.63 bits per heavy atom. The number of para-hydroxylation sites is 1. The molecule has 2 amide bonds. The molecule has 0 saturated heterocycles. The van der Waals surface area contributed by atoms with E-state index in [-0.39, 0.29) is 29.3 Å². The second-order valence-corrected chi connectivity index (χ2v) is 9.30. The molecule has 0 heterocycles. The van der Waals surface area contributed by atoms with Gasteiger partial charge in [0.1, 0.15) is 0 Å². The fourth-order valence-corrected chi connectivity index (χ4v) is 3.53.